The van der Waals surface area contributed by atoms with Crippen LogP contribution in [0.3, 0.4) is 0 Å². The maximum atomic E-state index is 4.25. The number of nitrogens with zero attached hydrogens (tertiary/aromatic N) is 1. The maximum absolute atomic E-state index is 4.25. The van der Waals surface area contributed by atoms with E-state index in [9.17, 15) is 0 Å². The molecule has 1 aromatic heterocycles. The van der Waals surface area contributed by atoms with Gasteiger partial charge in [-0.05, 0) is 25.5 Å². The van der Waals surface area contributed by atoms with E-state index in [4.69, 9.17) is 0 Å². The first kappa shape index (κ1) is 12.7. The average Bonchev–Trinajstić information content (AvgIpc) is 2.73. The van der Waals surface area contributed by atoms with Crippen LogP contribution in [0.15, 0.2) is 34.9 Å². The zero-order valence-electron chi connectivity index (χ0n) is 9.90. The van der Waals surface area contributed by atoms with Crippen molar-refractivity contribution in [2.45, 2.75) is 26.4 Å². The summed E-state index contributed by atoms with van der Waals surface area (Å²) in [5, 5.41) is 4.63. The Balaban J connectivity index is 1.98. The molecule has 1 atom stereocenters. The molecule has 0 bridgehead atoms. The molecular weight excluding hydrogens is 296 g/mol. The van der Waals surface area contributed by atoms with Gasteiger partial charge in [0.2, 0.25) is 0 Å². The van der Waals surface area contributed by atoms with Crippen molar-refractivity contribution < 1.29 is 0 Å². The molecule has 1 heterocycles. The highest BCUT2D eigenvalue weighted by Crippen LogP contribution is 2.23. The Hall–Kier alpha value is -0.710. The van der Waals surface area contributed by atoms with Gasteiger partial charge in [-0.2, -0.15) is 0 Å². The van der Waals surface area contributed by atoms with Gasteiger partial charge in [-0.1, -0.05) is 34.1 Å². The maximum Gasteiger partial charge on any atom is 0.0897 e. The van der Waals surface area contributed by atoms with Crippen LogP contribution in [-0.4, -0.2) is 4.98 Å². The number of aromatic nitrogens is 1. The number of hydrogen-bond donors (Lipinski definition) is 1. The van der Waals surface area contributed by atoms with Crippen molar-refractivity contribution >= 4 is 27.3 Å². The van der Waals surface area contributed by atoms with Crippen LogP contribution < -0.4 is 5.32 Å². The van der Waals surface area contributed by atoms with E-state index in [1.165, 1.54) is 10.4 Å². The minimum Gasteiger partial charge on any atom is -0.305 e. The molecule has 0 aliphatic heterocycles. The summed E-state index contributed by atoms with van der Waals surface area (Å²) in [6.07, 6.45) is 1.94. The zero-order chi connectivity index (χ0) is 12.3. The fraction of sp³-hybridized carbons (Fsp3) is 0.308. The van der Waals surface area contributed by atoms with Crippen LogP contribution in [-0.2, 0) is 6.54 Å². The van der Waals surface area contributed by atoms with Crippen LogP contribution in [0, 0.1) is 6.92 Å². The highest BCUT2D eigenvalue weighted by molar-refractivity contribution is 9.10. The first-order valence-electron chi connectivity index (χ1n) is 5.56. The van der Waals surface area contributed by atoms with Crippen molar-refractivity contribution in [3.8, 4) is 0 Å². The van der Waals surface area contributed by atoms with Crippen molar-refractivity contribution in [3.05, 3.63) is 50.4 Å². The zero-order valence-corrected chi connectivity index (χ0v) is 12.3. The number of hydrogen-bond acceptors (Lipinski definition) is 3. The van der Waals surface area contributed by atoms with Crippen LogP contribution in [0.25, 0.3) is 0 Å². The molecule has 1 aromatic carbocycles. The SMILES string of the molecule is Cc1ncc(CNC(C)c2ccccc2Br)s1. The fourth-order valence-corrected chi connectivity index (χ4v) is 3.05. The third-order valence-electron chi connectivity index (χ3n) is 2.62. The van der Waals surface area contributed by atoms with Crippen LogP contribution in [0.1, 0.15) is 28.4 Å². The van der Waals surface area contributed by atoms with E-state index >= 15 is 0 Å². The lowest BCUT2D eigenvalue weighted by Crippen LogP contribution is -2.17. The van der Waals surface area contributed by atoms with Crippen molar-refractivity contribution in [1.29, 1.82) is 0 Å². The minimum absolute atomic E-state index is 0.327. The van der Waals surface area contributed by atoms with Gasteiger partial charge in [0.25, 0.3) is 0 Å². The summed E-state index contributed by atoms with van der Waals surface area (Å²) in [5.41, 5.74) is 1.29. The van der Waals surface area contributed by atoms with Gasteiger partial charge in [0.1, 0.15) is 0 Å². The van der Waals surface area contributed by atoms with E-state index in [1.54, 1.807) is 11.3 Å². The van der Waals surface area contributed by atoms with Gasteiger partial charge < -0.3 is 5.32 Å². The molecule has 0 saturated carbocycles. The summed E-state index contributed by atoms with van der Waals surface area (Å²) in [6.45, 7) is 5.08. The first-order chi connectivity index (χ1) is 8.16. The van der Waals surface area contributed by atoms with Gasteiger partial charge in [0, 0.05) is 28.1 Å². The Labute approximate surface area is 114 Å². The van der Waals surface area contributed by atoms with Gasteiger partial charge in [-0.25, -0.2) is 4.98 Å². The molecule has 1 unspecified atom stereocenters. The predicted octanol–water partition coefficient (Wildman–Crippen LogP) is 4.06. The minimum atomic E-state index is 0.327. The topological polar surface area (TPSA) is 24.9 Å². The molecule has 2 rings (SSSR count). The van der Waals surface area contributed by atoms with E-state index in [1.807, 2.05) is 19.2 Å². The normalized spacial score (nSPS) is 12.6. The van der Waals surface area contributed by atoms with E-state index in [0.717, 1.165) is 16.0 Å². The number of thiazole rings is 1. The molecule has 0 aliphatic rings. The average molecular weight is 311 g/mol. The standard InChI is InChI=1S/C13H15BrN2S/c1-9(12-5-3-4-6-13(12)14)15-7-11-8-16-10(2)17-11/h3-6,8-9,15H,7H2,1-2H3. The van der Waals surface area contributed by atoms with Gasteiger partial charge in [0.15, 0.2) is 0 Å². The summed E-state index contributed by atoms with van der Waals surface area (Å²) in [6, 6.07) is 8.64. The predicted molar refractivity (Wildman–Crippen MR) is 76.2 cm³/mol. The highest BCUT2D eigenvalue weighted by Gasteiger charge is 2.08. The molecule has 90 valence electrons. The van der Waals surface area contributed by atoms with Crippen LogP contribution in [0.2, 0.25) is 0 Å². The molecule has 0 saturated heterocycles. The van der Waals surface area contributed by atoms with Crippen molar-refractivity contribution in [3.63, 3.8) is 0 Å². The summed E-state index contributed by atoms with van der Waals surface area (Å²) in [7, 11) is 0. The third kappa shape index (κ3) is 3.37. The van der Waals surface area contributed by atoms with E-state index in [2.05, 4.69) is 51.4 Å². The molecule has 2 nitrogen and oxygen atoms in total. The Morgan fingerprint density at radius 1 is 1.41 bits per heavy atom. The first-order valence-corrected chi connectivity index (χ1v) is 7.17. The van der Waals surface area contributed by atoms with Crippen molar-refractivity contribution in [1.82, 2.24) is 10.3 Å². The summed E-state index contributed by atoms with van der Waals surface area (Å²) >= 11 is 5.32. The molecular formula is C13H15BrN2S. The summed E-state index contributed by atoms with van der Waals surface area (Å²) in [5.74, 6) is 0. The molecule has 0 spiro atoms. The number of benzene rings is 1. The van der Waals surface area contributed by atoms with E-state index in [-0.39, 0.29) is 0 Å². The molecule has 1 N–H and O–H groups in total. The Kier molecular flexibility index (Phi) is 4.31. The Morgan fingerprint density at radius 3 is 2.82 bits per heavy atom. The van der Waals surface area contributed by atoms with Gasteiger partial charge in [-0.15, -0.1) is 11.3 Å². The summed E-state index contributed by atoms with van der Waals surface area (Å²) in [4.78, 5) is 5.53. The number of nitrogens with one attached hydrogen (secondary N) is 1. The second-order valence-corrected chi connectivity index (χ2v) is 6.14. The molecule has 0 aliphatic carbocycles. The molecule has 17 heavy (non-hydrogen) atoms. The third-order valence-corrected chi connectivity index (χ3v) is 4.26. The smallest absolute Gasteiger partial charge is 0.0897 e. The lowest BCUT2D eigenvalue weighted by atomic mass is 10.1. The second kappa shape index (κ2) is 5.76. The van der Waals surface area contributed by atoms with Crippen molar-refractivity contribution in [2.75, 3.05) is 0 Å². The monoisotopic (exact) mass is 310 g/mol. The molecule has 0 amide bonds. The largest absolute Gasteiger partial charge is 0.305 e. The van der Waals surface area contributed by atoms with Gasteiger partial charge >= 0.3 is 0 Å². The van der Waals surface area contributed by atoms with E-state index in [0.29, 0.717) is 6.04 Å². The van der Waals surface area contributed by atoms with E-state index < -0.39 is 0 Å². The number of halogens is 1. The molecule has 4 heteroatoms. The fourth-order valence-electron chi connectivity index (χ4n) is 1.68. The molecule has 0 radical (unpaired) electrons. The quantitative estimate of drug-likeness (QED) is 0.921. The summed E-state index contributed by atoms with van der Waals surface area (Å²) < 4.78 is 1.15. The lowest BCUT2D eigenvalue weighted by Gasteiger charge is -2.14. The Morgan fingerprint density at radius 2 is 2.18 bits per heavy atom. The van der Waals surface area contributed by atoms with Gasteiger partial charge in [-0.3, -0.25) is 0 Å². The Bertz CT molecular complexity index is 496. The molecule has 2 aromatic rings. The lowest BCUT2D eigenvalue weighted by molar-refractivity contribution is 0.576. The van der Waals surface area contributed by atoms with Crippen LogP contribution in [0.5, 0.6) is 0 Å². The van der Waals surface area contributed by atoms with Crippen LogP contribution in [0.4, 0.5) is 0 Å². The highest BCUT2D eigenvalue weighted by atomic mass is 79.9. The molecule has 0 fully saturated rings. The van der Waals surface area contributed by atoms with Crippen LogP contribution >= 0.6 is 27.3 Å². The van der Waals surface area contributed by atoms with Crippen molar-refractivity contribution in [2.24, 2.45) is 0 Å². The van der Waals surface area contributed by atoms with Gasteiger partial charge in [0.05, 0.1) is 5.01 Å². The number of rotatable bonds is 4. The second-order valence-electron chi connectivity index (χ2n) is 3.97. The number of aryl methyl sites for hydroxylation is 1.